The lowest BCUT2D eigenvalue weighted by Crippen LogP contribution is -2.15. The smallest absolute Gasteiger partial charge is 0.487 e. The van der Waals surface area contributed by atoms with E-state index in [0.717, 1.165) is 16.7 Å². The Balaban J connectivity index is 0.000000177. The number of ether oxygens (including phenoxy) is 1. The minimum absolute atomic E-state index is 0.0321. The third-order valence-electron chi connectivity index (χ3n) is 4.17. The van der Waals surface area contributed by atoms with Gasteiger partial charge in [0.25, 0.3) is 0 Å². The van der Waals surface area contributed by atoms with Crippen molar-refractivity contribution in [1.29, 1.82) is 0 Å². The average Bonchev–Trinajstić information content (AvgIpc) is 2.75. The zero-order valence-corrected chi connectivity index (χ0v) is 16.6. The number of rotatable bonds is 4. The van der Waals surface area contributed by atoms with Crippen LogP contribution in [0.5, 0.6) is 11.5 Å². The molecule has 0 amide bonds. The molecule has 0 fully saturated rings. The molecule has 0 heterocycles. The number of alkyl halides is 3. The second-order valence-electron chi connectivity index (χ2n) is 6.35. The number of hydrogen-bond donors (Lipinski definition) is 1. The van der Waals surface area contributed by atoms with Gasteiger partial charge in [-0.15, -0.1) is 8.78 Å². The first-order valence-corrected chi connectivity index (χ1v) is 9.54. The summed E-state index contributed by atoms with van der Waals surface area (Å²) in [5.41, 5.74) is 0.558. The largest absolute Gasteiger partial charge is 0.508 e. The van der Waals surface area contributed by atoms with Crippen LogP contribution in [-0.4, -0.2) is 10.7 Å². The second-order valence-corrected chi connectivity index (χ2v) is 6.79. The molecule has 0 spiro atoms. The van der Waals surface area contributed by atoms with Crippen molar-refractivity contribution < 1.29 is 18.6 Å². The lowest BCUT2D eigenvalue weighted by molar-refractivity contribution is -0.0964. The molecular weight excluding hydrogens is 406 g/mol. The van der Waals surface area contributed by atoms with E-state index in [-0.39, 0.29) is 5.75 Å². The summed E-state index contributed by atoms with van der Waals surface area (Å²) in [4.78, 5) is 0. The molecule has 0 bridgehead atoms. The SMILES string of the molecule is FC(F)(Cl)Oc1ccc(-c2ccccc2)cc1.Oc1ccc(-c2ccccc2)cc1. The van der Waals surface area contributed by atoms with Crippen LogP contribution in [0.4, 0.5) is 8.78 Å². The Kier molecular flexibility index (Phi) is 7.04. The summed E-state index contributed by atoms with van der Waals surface area (Å²) in [6, 6.07) is 33.2. The molecule has 0 atom stereocenters. The summed E-state index contributed by atoms with van der Waals surface area (Å²) < 4.78 is 29.0. The fourth-order valence-corrected chi connectivity index (χ4v) is 2.85. The van der Waals surface area contributed by atoms with Crippen molar-refractivity contribution in [1.82, 2.24) is 0 Å². The van der Waals surface area contributed by atoms with Crippen molar-refractivity contribution in [3.05, 3.63) is 109 Å². The molecule has 1 N–H and O–H groups in total. The van der Waals surface area contributed by atoms with Gasteiger partial charge >= 0.3 is 5.57 Å². The minimum atomic E-state index is -3.67. The zero-order valence-electron chi connectivity index (χ0n) is 15.9. The maximum atomic E-state index is 12.4. The normalized spacial score (nSPS) is 10.6. The number of benzene rings is 4. The molecule has 4 aromatic carbocycles. The number of halogens is 3. The van der Waals surface area contributed by atoms with Gasteiger partial charge in [-0.25, -0.2) is 0 Å². The highest BCUT2D eigenvalue weighted by molar-refractivity contribution is 6.20. The Bertz CT molecular complexity index is 1030. The van der Waals surface area contributed by atoms with Gasteiger partial charge in [-0.05, 0) is 46.5 Å². The molecular formula is C25H19ClF2O2. The van der Waals surface area contributed by atoms with Crippen LogP contribution in [0.1, 0.15) is 0 Å². The highest BCUT2D eigenvalue weighted by Crippen LogP contribution is 2.27. The first-order valence-electron chi connectivity index (χ1n) is 9.16. The van der Waals surface area contributed by atoms with Gasteiger partial charge in [0.2, 0.25) is 0 Å². The van der Waals surface area contributed by atoms with Gasteiger partial charge in [0, 0.05) is 11.6 Å². The maximum absolute atomic E-state index is 12.4. The quantitative estimate of drug-likeness (QED) is 0.342. The summed E-state index contributed by atoms with van der Waals surface area (Å²) in [5, 5.41) is 9.10. The van der Waals surface area contributed by atoms with Crippen LogP contribution >= 0.6 is 11.6 Å². The molecule has 0 aliphatic carbocycles. The number of phenolic OH excluding ortho intramolecular Hbond substituents is 1. The molecule has 2 nitrogen and oxygen atoms in total. The first kappa shape index (κ1) is 21.3. The Labute approximate surface area is 179 Å². The zero-order chi connectivity index (χ0) is 21.4. The molecule has 0 radical (unpaired) electrons. The fourth-order valence-electron chi connectivity index (χ4n) is 2.76. The lowest BCUT2D eigenvalue weighted by Gasteiger charge is -2.10. The number of hydrogen-bond acceptors (Lipinski definition) is 2. The van der Waals surface area contributed by atoms with E-state index in [0.29, 0.717) is 5.75 Å². The maximum Gasteiger partial charge on any atom is 0.487 e. The van der Waals surface area contributed by atoms with E-state index in [1.165, 1.54) is 17.7 Å². The first-order chi connectivity index (χ1) is 14.4. The summed E-state index contributed by atoms with van der Waals surface area (Å²) in [5.74, 6) is 0.337. The Hall–Kier alpha value is -3.37. The van der Waals surface area contributed by atoms with Crippen molar-refractivity contribution in [2.24, 2.45) is 0 Å². The van der Waals surface area contributed by atoms with Crippen LogP contribution < -0.4 is 4.74 Å². The molecule has 0 aliphatic rings. The molecule has 30 heavy (non-hydrogen) atoms. The van der Waals surface area contributed by atoms with Crippen molar-refractivity contribution >= 4 is 11.6 Å². The van der Waals surface area contributed by atoms with Gasteiger partial charge in [0.05, 0.1) is 0 Å². The topological polar surface area (TPSA) is 29.5 Å². The number of phenols is 1. The van der Waals surface area contributed by atoms with Crippen LogP contribution in [0.25, 0.3) is 22.3 Å². The molecule has 152 valence electrons. The summed E-state index contributed by atoms with van der Waals surface area (Å²) in [6.45, 7) is 0. The molecule has 0 aromatic heterocycles. The Morgan fingerprint density at radius 3 is 1.33 bits per heavy atom. The fraction of sp³-hybridized carbons (Fsp3) is 0.0400. The standard InChI is InChI=1S/C13H9ClF2O.C12H10O/c14-13(15,16)17-12-8-6-11(7-9-12)10-4-2-1-3-5-10;13-12-8-6-11(7-9-12)10-4-2-1-3-5-10/h1-9H;1-9,13H. The summed E-state index contributed by atoms with van der Waals surface area (Å²) >= 11 is 4.67. The van der Waals surface area contributed by atoms with E-state index >= 15 is 0 Å². The van der Waals surface area contributed by atoms with Crippen molar-refractivity contribution in [2.75, 3.05) is 0 Å². The van der Waals surface area contributed by atoms with Gasteiger partial charge < -0.3 is 9.84 Å². The van der Waals surface area contributed by atoms with E-state index in [4.69, 9.17) is 5.11 Å². The van der Waals surface area contributed by atoms with E-state index in [2.05, 4.69) is 16.3 Å². The third kappa shape index (κ3) is 6.61. The van der Waals surface area contributed by atoms with Crippen LogP contribution in [0, 0.1) is 0 Å². The highest BCUT2D eigenvalue weighted by Gasteiger charge is 2.27. The predicted molar refractivity (Wildman–Crippen MR) is 117 cm³/mol. The van der Waals surface area contributed by atoms with E-state index in [9.17, 15) is 8.78 Å². The molecule has 4 aromatic rings. The van der Waals surface area contributed by atoms with Gasteiger partial charge in [-0.1, -0.05) is 84.9 Å². The van der Waals surface area contributed by atoms with Crippen molar-refractivity contribution in [2.45, 2.75) is 5.57 Å². The lowest BCUT2D eigenvalue weighted by atomic mass is 10.1. The van der Waals surface area contributed by atoms with Gasteiger partial charge in [-0.2, -0.15) is 0 Å². The van der Waals surface area contributed by atoms with Gasteiger partial charge in [0.1, 0.15) is 11.5 Å². The van der Waals surface area contributed by atoms with Crippen LogP contribution in [-0.2, 0) is 0 Å². The highest BCUT2D eigenvalue weighted by atomic mass is 35.5. The summed E-state index contributed by atoms with van der Waals surface area (Å²) in [7, 11) is 0. The second kappa shape index (κ2) is 9.90. The average molecular weight is 425 g/mol. The van der Waals surface area contributed by atoms with Crippen molar-refractivity contribution in [3.8, 4) is 33.8 Å². The molecule has 0 saturated heterocycles. The van der Waals surface area contributed by atoms with Crippen LogP contribution in [0.2, 0.25) is 0 Å². The van der Waals surface area contributed by atoms with E-state index in [1.807, 2.05) is 72.8 Å². The predicted octanol–water partition coefficient (Wildman–Crippen LogP) is 7.58. The van der Waals surface area contributed by atoms with Gasteiger partial charge in [-0.3, -0.25) is 0 Å². The molecule has 5 heteroatoms. The molecule has 4 rings (SSSR count). The van der Waals surface area contributed by atoms with Crippen LogP contribution in [0.15, 0.2) is 109 Å². The van der Waals surface area contributed by atoms with Gasteiger partial charge in [0.15, 0.2) is 0 Å². The minimum Gasteiger partial charge on any atom is -0.508 e. The van der Waals surface area contributed by atoms with Crippen LogP contribution in [0.3, 0.4) is 0 Å². The molecule has 0 aliphatic heterocycles. The van der Waals surface area contributed by atoms with E-state index in [1.54, 1.807) is 24.3 Å². The molecule has 0 saturated carbocycles. The Morgan fingerprint density at radius 2 is 0.933 bits per heavy atom. The van der Waals surface area contributed by atoms with Crippen molar-refractivity contribution in [3.63, 3.8) is 0 Å². The number of aromatic hydroxyl groups is 1. The van der Waals surface area contributed by atoms with E-state index < -0.39 is 5.57 Å². The summed E-state index contributed by atoms with van der Waals surface area (Å²) in [6.07, 6.45) is 0. The third-order valence-corrected chi connectivity index (χ3v) is 4.25. The monoisotopic (exact) mass is 424 g/mol. The molecule has 0 unspecified atom stereocenters. The Morgan fingerprint density at radius 1 is 0.567 bits per heavy atom.